The Morgan fingerprint density at radius 1 is 1.14 bits per heavy atom. The Morgan fingerprint density at radius 3 is 2.21 bits per heavy atom. The van der Waals surface area contributed by atoms with E-state index in [1.165, 1.54) is 0 Å². The van der Waals surface area contributed by atoms with Gasteiger partial charge in [-0.25, -0.2) is 0 Å². The molecule has 28 heavy (non-hydrogen) atoms. The number of halogens is 3. The summed E-state index contributed by atoms with van der Waals surface area (Å²) in [5.74, 6) is -1.61. The van der Waals surface area contributed by atoms with Gasteiger partial charge in [0.2, 0.25) is 0 Å². The Balaban J connectivity index is 2.12. The smallest absolute Gasteiger partial charge is 0.416 e. The van der Waals surface area contributed by atoms with E-state index >= 15 is 0 Å². The van der Waals surface area contributed by atoms with Crippen molar-refractivity contribution in [1.29, 1.82) is 5.26 Å². The van der Waals surface area contributed by atoms with Crippen LogP contribution in [0.4, 0.5) is 18.9 Å². The molecule has 2 rings (SSSR count). The van der Waals surface area contributed by atoms with Gasteiger partial charge in [-0.2, -0.15) is 18.4 Å². The summed E-state index contributed by atoms with van der Waals surface area (Å²) < 4.78 is 37.7. The highest BCUT2D eigenvalue weighted by molar-refractivity contribution is 6.06. The molecule has 1 unspecified atom stereocenters. The van der Waals surface area contributed by atoms with Crippen LogP contribution in [0.1, 0.15) is 29.2 Å². The van der Waals surface area contributed by atoms with Crippen LogP contribution in [-0.2, 0) is 11.0 Å². The molecule has 0 bridgehead atoms. The minimum Gasteiger partial charge on any atom is -0.511 e. The summed E-state index contributed by atoms with van der Waals surface area (Å²) in [4.78, 5) is 12.2. The van der Waals surface area contributed by atoms with E-state index in [2.05, 4.69) is 5.32 Å². The first-order valence-corrected chi connectivity index (χ1v) is 8.17. The van der Waals surface area contributed by atoms with Crippen LogP contribution >= 0.6 is 0 Å². The first kappa shape index (κ1) is 21.0. The summed E-state index contributed by atoms with van der Waals surface area (Å²) >= 11 is 0. The molecule has 1 atom stereocenters. The average Bonchev–Trinajstić information content (AvgIpc) is 2.62. The second kappa shape index (κ2) is 8.59. The Hall–Kier alpha value is -3.31. The second-order valence-corrected chi connectivity index (χ2v) is 6.09. The highest BCUT2D eigenvalue weighted by Gasteiger charge is 2.30. The molecule has 0 radical (unpaired) electrons. The fourth-order valence-electron chi connectivity index (χ4n) is 2.37. The Labute approximate surface area is 159 Å². The molecule has 2 aromatic rings. The molecule has 0 saturated carbocycles. The number of nitrogens with zero attached hydrogens (tertiary/aromatic N) is 1. The van der Waals surface area contributed by atoms with Gasteiger partial charge in [-0.05, 0) is 36.8 Å². The summed E-state index contributed by atoms with van der Waals surface area (Å²) in [5, 5.41) is 31.6. The summed E-state index contributed by atoms with van der Waals surface area (Å²) in [5.41, 5.74) is -0.0174. The number of rotatable bonds is 5. The molecular formula is C20H17F3N2O3. The highest BCUT2D eigenvalue weighted by atomic mass is 19.4. The third kappa shape index (κ3) is 5.34. The number of carbonyl (C=O) groups is 1. The number of anilines is 1. The number of nitrogens with one attached hydrogen (secondary N) is 1. The lowest BCUT2D eigenvalue weighted by molar-refractivity contribution is -0.137. The first-order chi connectivity index (χ1) is 13.1. The van der Waals surface area contributed by atoms with E-state index in [1.54, 1.807) is 30.3 Å². The molecule has 0 fully saturated rings. The molecule has 5 nitrogen and oxygen atoms in total. The van der Waals surface area contributed by atoms with Gasteiger partial charge >= 0.3 is 6.18 Å². The van der Waals surface area contributed by atoms with Crippen molar-refractivity contribution in [2.75, 3.05) is 5.32 Å². The number of hydrogen-bond donors (Lipinski definition) is 3. The van der Waals surface area contributed by atoms with E-state index in [0.29, 0.717) is 5.56 Å². The number of aryl methyl sites for hydroxylation is 1. The molecule has 0 saturated heterocycles. The van der Waals surface area contributed by atoms with E-state index in [9.17, 15) is 28.2 Å². The normalized spacial score (nSPS) is 13.3. The summed E-state index contributed by atoms with van der Waals surface area (Å²) in [6, 6.07) is 12.0. The SMILES string of the molecule is Cc1ccc(C(O)C/C(O)=C(\C#N)C(=O)Nc2ccc(C(F)(F)F)cc2)cc1. The van der Waals surface area contributed by atoms with Crippen LogP contribution in [0.3, 0.4) is 0 Å². The van der Waals surface area contributed by atoms with E-state index < -0.39 is 35.1 Å². The number of nitriles is 1. The molecule has 0 aliphatic heterocycles. The van der Waals surface area contributed by atoms with Gasteiger partial charge in [0.1, 0.15) is 11.8 Å². The molecule has 2 aromatic carbocycles. The third-order valence-electron chi connectivity index (χ3n) is 3.95. The number of alkyl halides is 3. The second-order valence-electron chi connectivity index (χ2n) is 6.09. The van der Waals surface area contributed by atoms with Crippen LogP contribution in [0, 0.1) is 18.3 Å². The van der Waals surface area contributed by atoms with Crippen molar-refractivity contribution in [3.8, 4) is 6.07 Å². The lowest BCUT2D eigenvalue weighted by atomic mass is 10.0. The molecular weight excluding hydrogens is 373 g/mol. The highest BCUT2D eigenvalue weighted by Crippen LogP contribution is 2.30. The molecule has 0 spiro atoms. The van der Waals surface area contributed by atoms with E-state index in [-0.39, 0.29) is 12.1 Å². The largest absolute Gasteiger partial charge is 0.511 e. The van der Waals surface area contributed by atoms with Gasteiger partial charge in [0.25, 0.3) is 5.91 Å². The Kier molecular flexibility index (Phi) is 6.44. The molecule has 0 heterocycles. The maximum Gasteiger partial charge on any atom is 0.416 e. The van der Waals surface area contributed by atoms with E-state index in [0.717, 1.165) is 29.8 Å². The minimum atomic E-state index is -4.51. The van der Waals surface area contributed by atoms with Gasteiger partial charge in [0.15, 0.2) is 5.57 Å². The standard InChI is InChI=1S/C20H17F3N2O3/c1-12-2-4-13(5-3-12)17(26)10-18(27)16(11-24)19(28)25-15-8-6-14(7-9-15)20(21,22)23/h2-9,17,26-27H,10H2,1H3,(H,25,28)/b18-16-. The number of carbonyl (C=O) groups excluding carboxylic acids is 1. The quantitative estimate of drug-likeness (QED) is 0.400. The van der Waals surface area contributed by atoms with Crippen molar-refractivity contribution in [1.82, 2.24) is 0 Å². The van der Waals surface area contributed by atoms with Crippen molar-refractivity contribution < 1.29 is 28.2 Å². The lowest BCUT2D eigenvalue weighted by Gasteiger charge is -2.12. The monoisotopic (exact) mass is 390 g/mol. The van der Waals surface area contributed by atoms with Gasteiger partial charge in [0.05, 0.1) is 11.7 Å². The van der Waals surface area contributed by atoms with Gasteiger partial charge in [-0.1, -0.05) is 29.8 Å². The van der Waals surface area contributed by atoms with E-state index in [4.69, 9.17) is 5.26 Å². The molecule has 146 valence electrons. The van der Waals surface area contributed by atoms with Crippen LogP contribution in [0.15, 0.2) is 59.9 Å². The van der Waals surface area contributed by atoms with Crippen LogP contribution in [-0.4, -0.2) is 16.1 Å². The fraction of sp³-hybridized carbons (Fsp3) is 0.200. The van der Waals surface area contributed by atoms with Crippen molar-refractivity contribution >= 4 is 11.6 Å². The lowest BCUT2D eigenvalue weighted by Crippen LogP contribution is -2.16. The van der Waals surface area contributed by atoms with Gasteiger partial charge in [-0.15, -0.1) is 0 Å². The van der Waals surface area contributed by atoms with Crippen molar-refractivity contribution in [3.05, 3.63) is 76.6 Å². The number of aliphatic hydroxyl groups excluding tert-OH is 2. The number of hydrogen-bond acceptors (Lipinski definition) is 4. The zero-order valence-electron chi connectivity index (χ0n) is 14.8. The molecule has 8 heteroatoms. The Morgan fingerprint density at radius 2 is 1.71 bits per heavy atom. The zero-order chi connectivity index (χ0) is 20.9. The first-order valence-electron chi connectivity index (χ1n) is 8.17. The van der Waals surface area contributed by atoms with Gasteiger partial charge in [-0.3, -0.25) is 4.79 Å². The molecule has 0 aliphatic carbocycles. The maximum absolute atomic E-state index is 12.6. The van der Waals surface area contributed by atoms with Crippen LogP contribution in [0.25, 0.3) is 0 Å². The fourth-order valence-corrected chi connectivity index (χ4v) is 2.37. The van der Waals surface area contributed by atoms with Crippen molar-refractivity contribution in [2.24, 2.45) is 0 Å². The van der Waals surface area contributed by atoms with Crippen molar-refractivity contribution in [2.45, 2.75) is 25.6 Å². The third-order valence-corrected chi connectivity index (χ3v) is 3.95. The summed E-state index contributed by atoms with van der Waals surface area (Å²) in [7, 11) is 0. The number of amides is 1. The molecule has 1 amide bonds. The number of benzene rings is 2. The average molecular weight is 390 g/mol. The number of aliphatic hydroxyl groups is 2. The van der Waals surface area contributed by atoms with E-state index in [1.807, 2.05) is 6.92 Å². The van der Waals surface area contributed by atoms with Crippen LogP contribution in [0.2, 0.25) is 0 Å². The Bertz CT molecular complexity index is 912. The summed E-state index contributed by atoms with van der Waals surface area (Å²) in [6.45, 7) is 1.87. The predicted octanol–water partition coefficient (Wildman–Crippen LogP) is 4.41. The zero-order valence-corrected chi connectivity index (χ0v) is 14.8. The minimum absolute atomic E-state index is 0.0256. The van der Waals surface area contributed by atoms with Gasteiger partial charge < -0.3 is 15.5 Å². The summed E-state index contributed by atoms with van der Waals surface area (Å²) in [6.07, 6.45) is -6.01. The molecule has 0 aromatic heterocycles. The predicted molar refractivity (Wildman–Crippen MR) is 96.1 cm³/mol. The van der Waals surface area contributed by atoms with Crippen LogP contribution < -0.4 is 5.32 Å². The van der Waals surface area contributed by atoms with Crippen LogP contribution in [0.5, 0.6) is 0 Å². The maximum atomic E-state index is 12.6. The van der Waals surface area contributed by atoms with Gasteiger partial charge in [0, 0.05) is 12.1 Å². The van der Waals surface area contributed by atoms with Crippen molar-refractivity contribution in [3.63, 3.8) is 0 Å². The molecule has 0 aliphatic rings. The molecule has 3 N–H and O–H groups in total. The topological polar surface area (TPSA) is 93.3 Å².